The maximum atomic E-state index is 5.89. The normalized spacial score (nSPS) is 17.8. The Kier molecular flexibility index (Phi) is 4.42. The molecule has 0 radical (unpaired) electrons. The number of piperazine rings is 1. The molecule has 2 nitrogen and oxygen atoms in total. The average molecular weight is 281 g/mol. The van der Waals surface area contributed by atoms with Crippen molar-refractivity contribution in [2.45, 2.75) is 39.1 Å². The highest BCUT2D eigenvalue weighted by Crippen LogP contribution is 2.25. The fourth-order valence-corrected chi connectivity index (χ4v) is 2.94. The van der Waals surface area contributed by atoms with E-state index < -0.39 is 0 Å². The lowest BCUT2D eigenvalue weighted by Crippen LogP contribution is -2.53. The summed E-state index contributed by atoms with van der Waals surface area (Å²) in [6.07, 6.45) is 0. The monoisotopic (exact) mass is 280 g/mol. The lowest BCUT2D eigenvalue weighted by molar-refractivity contribution is 0.128. The number of aryl methyl sites for hydroxylation is 1. The molecule has 0 atom stereocenters. The highest BCUT2D eigenvalue weighted by Gasteiger charge is 2.26. The second-order valence-electron chi connectivity index (χ2n) is 6.40. The summed E-state index contributed by atoms with van der Waals surface area (Å²) >= 11 is 5.89. The number of alkyl halides is 1. The van der Waals surface area contributed by atoms with Gasteiger partial charge in [0.25, 0.3) is 0 Å². The summed E-state index contributed by atoms with van der Waals surface area (Å²) in [5.41, 5.74) is 4.19. The summed E-state index contributed by atoms with van der Waals surface area (Å²) in [6.45, 7) is 13.6. The van der Waals surface area contributed by atoms with Gasteiger partial charge in [-0.25, -0.2) is 0 Å². The number of halogens is 1. The summed E-state index contributed by atoms with van der Waals surface area (Å²) in [7, 11) is 0. The largest absolute Gasteiger partial charge is 0.369 e. The lowest BCUT2D eigenvalue weighted by atomic mass is 10.0. The molecule has 0 spiro atoms. The topological polar surface area (TPSA) is 6.48 Å². The molecule has 0 N–H and O–H groups in total. The molecule has 106 valence electrons. The molecule has 1 aliphatic heterocycles. The van der Waals surface area contributed by atoms with Crippen LogP contribution in [0.15, 0.2) is 18.2 Å². The first-order valence-corrected chi connectivity index (χ1v) is 7.61. The molecule has 1 saturated heterocycles. The zero-order chi connectivity index (χ0) is 14.0. The average Bonchev–Trinajstić information content (AvgIpc) is 2.37. The Morgan fingerprint density at radius 2 is 1.74 bits per heavy atom. The molecule has 1 aliphatic rings. The van der Waals surface area contributed by atoms with Gasteiger partial charge >= 0.3 is 0 Å². The van der Waals surface area contributed by atoms with E-state index in [0.717, 1.165) is 26.2 Å². The fraction of sp³-hybridized carbons (Fsp3) is 0.625. The molecule has 0 bridgehead atoms. The number of hydrogen-bond acceptors (Lipinski definition) is 2. The van der Waals surface area contributed by atoms with Crippen LogP contribution in [0.5, 0.6) is 0 Å². The molecule has 19 heavy (non-hydrogen) atoms. The Balaban J connectivity index is 2.06. The van der Waals surface area contributed by atoms with Crippen molar-refractivity contribution in [1.82, 2.24) is 4.90 Å². The first-order valence-electron chi connectivity index (χ1n) is 7.07. The van der Waals surface area contributed by atoms with Crippen molar-refractivity contribution in [2.75, 3.05) is 31.1 Å². The fourth-order valence-electron chi connectivity index (χ4n) is 2.77. The number of rotatable bonds is 2. The molecule has 1 aromatic carbocycles. The Hall–Kier alpha value is -0.730. The Bertz CT molecular complexity index is 429. The molecule has 0 unspecified atom stereocenters. The first kappa shape index (κ1) is 14.7. The van der Waals surface area contributed by atoms with E-state index in [2.05, 4.69) is 55.7 Å². The SMILES string of the molecule is Cc1cc(CCl)ccc1N1CCN(C(C)(C)C)CC1. The molecule has 3 heteroatoms. The molecule has 0 saturated carbocycles. The maximum absolute atomic E-state index is 5.89. The van der Waals surface area contributed by atoms with E-state index >= 15 is 0 Å². The van der Waals surface area contributed by atoms with E-state index in [1.165, 1.54) is 16.8 Å². The number of benzene rings is 1. The Labute approximate surface area is 122 Å². The van der Waals surface area contributed by atoms with Gasteiger partial charge in [-0.1, -0.05) is 12.1 Å². The van der Waals surface area contributed by atoms with Crippen LogP contribution in [0.25, 0.3) is 0 Å². The second kappa shape index (κ2) is 5.72. The van der Waals surface area contributed by atoms with Crippen LogP contribution >= 0.6 is 11.6 Å². The van der Waals surface area contributed by atoms with Crippen molar-refractivity contribution < 1.29 is 0 Å². The quantitative estimate of drug-likeness (QED) is 0.763. The van der Waals surface area contributed by atoms with Gasteiger partial charge in [0.05, 0.1) is 0 Å². The third-order valence-electron chi connectivity index (χ3n) is 3.98. The van der Waals surface area contributed by atoms with Crippen molar-refractivity contribution in [2.24, 2.45) is 0 Å². The molecule has 0 aromatic heterocycles. The van der Waals surface area contributed by atoms with Gasteiger partial charge in [-0.2, -0.15) is 0 Å². The van der Waals surface area contributed by atoms with Gasteiger partial charge < -0.3 is 4.90 Å². The molecule has 1 aromatic rings. The van der Waals surface area contributed by atoms with Crippen LogP contribution in [0.3, 0.4) is 0 Å². The summed E-state index contributed by atoms with van der Waals surface area (Å²) in [4.78, 5) is 5.06. The molecule has 0 amide bonds. The summed E-state index contributed by atoms with van der Waals surface area (Å²) in [6, 6.07) is 6.57. The first-order chi connectivity index (χ1) is 8.91. The molecule has 1 heterocycles. The van der Waals surface area contributed by atoms with Gasteiger partial charge in [-0.3, -0.25) is 4.90 Å². The van der Waals surface area contributed by atoms with E-state index in [1.807, 2.05) is 0 Å². The molecule has 0 aliphatic carbocycles. The van der Waals surface area contributed by atoms with Crippen molar-refractivity contribution in [3.05, 3.63) is 29.3 Å². The van der Waals surface area contributed by atoms with Crippen LogP contribution in [0.1, 0.15) is 31.9 Å². The zero-order valence-electron chi connectivity index (χ0n) is 12.5. The summed E-state index contributed by atoms with van der Waals surface area (Å²) < 4.78 is 0. The molecule has 1 fully saturated rings. The summed E-state index contributed by atoms with van der Waals surface area (Å²) in [5, 5.41) is 0. The van der Waals surface area contributed by atoms with Gasteiger partial charge in [-0.05, 0) is 44.9 Å². The highest BCUT2D eigenvalue weighted by atomic mass is 35.5. The number of anilines is 1. The van der Waals surface area contributed by atoms with Crippen LogP contribution in [0.4, 0.5) is 5.69 Å². The second-order valence-corrected chi connectivity index (χ2v) is 6.67. The zero-order valence-corrected chi connectivity index (χ0v) is 13.3. The third-order valence-corrected chi connectivity index (χ3v) is 4.29. The van der Waals surface area contributed by atoms with Crippen LogP contribution in [-0.2, 0) is 5.88 Å². The van der Waals surface area contributed by atoms with Crippen LogP contribution in [0, 0.1) is 6.92 Å². The van der Waals surface area contributed by atoms with Gasteiger partial charge in [0, 0.05) is 43.3 Å². The smallest absolute Gasteiger partial charge is 0.0474 e. The van der Waals surface area contributed by atoms with Crippen LogP contribution in [0.2, 0.25) is 0 Å². The van der Waals surface area contributed by atoms with E-state index in [9.17, 15) is 0 Å². The number of hydrogen-bond donors (Lipinski definition) is 0. The summed E-state index contributed by atoms with van der Waals surface area (Å²) in [5.74, 6) is 0.596. The molecular weight excluding hydrogens is 256 g/mol. The Morgan fingerprint density at radius 3 is 2.21 bits per heavy atom. The van der Waals surface area contributed by atoms with Crippen LogP contribution in [-0.4, -0.2) is 36.6 Å². The number of nitrogens with zero attached hydrogens (tertiary/aromatic N) is 2. The van der Waals surface area contributed by atoms with E-state index in [0.29, 0.717) is 5.88 Å². The van der Waals surface area contributed by atoms with Crippen molar-refractivity contribution in [1.29, 1.82) is 0 Å². The van der Waals surface area contributed by atoms with Gasteiger partial charge in [-0.15, -0.1) is 11.6 Å². The van der Waals surface area contributed by atoms with E-state index in [4.69, 9.17) is 11.6 Å². The standard InChI is InChI=1S/C16H25ClN2/c1-13-11-14(12-17)5-6-15(13)18-7-9-19(10-8-18)16(2,3)4/h5-6,11H,7-10,12H2,1-4H3. The van der Waals surface area contributed by atoms with E-state index in [1.54, 1.807) is 0 Å². The predicted molar refractivity (Wildman–Crippen MR) is 84.3 cm³/mol. The minimum atomic E-state index is 0.281. The molecule has 2 rings (SSSR count). The van der Waals surface area contributed by atoms with E-state index in [-0.39, 0.29) is 5.54 Å². The van der Waals surface area contributed by atoms with Crippen molar-refractivity contribution in [3.63, 3.8) is 0 Å². The van der Waals surface area contributed by atoms with Gasteiger partial charge in [0.1, 0.15) is 0 Å². The van der Waals surface area contributed by atoms with Gasteiger partial charge in [0.2, 0.25) is 0 Å². The van der Waals surface area contributed by atoms with Crippen molar-refractivity contribution >= 4 is 17.3 Å². The van der Waals surface area contributed by atoms with Crippen LogP contribution < -0.4 is 4.90 Å². The predicted octanol–water partition coefficient (Wildman–Crippen LogP) is 3.65. The minimum absolute atomic E-state index is 0.281. The maximum Gasteiger partial charge on any atom is 0.0474 e. The third kappa shape index (κ3) is 3.43. The lowest BCUT2D eigenvalue weighted by Gasteiger charge is -2.43. The highest BCUT2D eigenvalue weighted by molar-refractivity contribution is 6.17. The van der Waals surface area contributed by atoms with Gasteiger partial charge in [0.15, 0.2) is 0 Å². The molecular formula is C16H25ClN2. The van der Waals surface area contributed by atoms with Crippen molar-refractivity contribution in [3.8, 4) is 0 Å². The minimum Gasteiger partial charge on any atom is -0.369 e. The Morgan fingerprint density at radius 1 is 1.11 bits per heavy atom.